The fourth-order valence-electron chi connectivity index (χ4n) is 3.11. The Hall–Kier alpha value is -3.33. The third kappa shape index (κ3) is 7.08. The number of anilines is 1. The van der Waals surface area contributed by atoms with Crippen molar-refractivity contribution in [2.75, 3.05) is 25.4 Å². The van der Waals surface area contributed by atoms with Crippen LogP contribution in [0.3, 0.4) is 0 Å². The zero-order valence-corrected chi connectivity index (χ0v) is 18.9. The molecule has 2 aromatic carbocycles. The van der Waals surface area contributed by atoms with E-state index in [9.17, 15) is 4.79 Å². The summed E-state index contributed by atoms with van der Waals surface area (Å²) in [5, 5.41) is 15.3. The highest BCUT2D eigenvalue weighted by atomic mass is 35.5. The first-order chi connectivity index (χ1) is 16.0. The average molecular weight is 472 g/mol. The van der Waals surface area contributed by atoms with Crippen molar-refractivity contribution in [3.8, 4) is 11.5 Å². The van der Waals surface area contributed by atoms with Gasteiger partial charge in [-0.3, -0.25) is 0 Å². The van der Waals surface area contributed by atoms with Crippen LogP contribution < -0.4 is 20.4 Å². The van der Waals surface area contributed by atoms with Crippen LogP contribution in [-0.2, 0) is 9.53 Å². The maximum absolute atomic E-state index is 11.2. The summed E-state index contributed by atoms with van der Waals surface area (Å²) in [7, 11) is 1.36. The third-order valence-electron chi connectivity index (χ3n) is 4.72. The van der Waals surface area contributed by atoms with Crippen molar-refractivity contribution in [1.29, 1.82) is 0 Å². The van der Waals surface area contributed by atoms with E-state index in [4.69, 9.17) is 36.8 Å². The minimum absolute atomic E-state index is 0.393. The molecule has 174 valence electrons. The lowest BCUT2D eigenvalue weighted by atomic mass is 10.1. The van der Waals surface area contributed by atoms with Crippen LogP contribution in [-0.4, -0.2) is 37.1 Å². The summed E-state index contributed by atoms with van der Waals surface area (Å²) < 4.78 is 16.6. The molecule has 1 aliphatic carbocycles. The van der Waals surface area contributed by atoms with E-state index in [-0.39, 0.29) is 0 Å². The molecule has 1 aliphatic rings. The maximum atomic E-state index is 11.2. The number of carboxylic acids is 1. The van der Waals surface area contributed by atoms with E-state index in [1.807, 2.05) is 24.3 Å². The van der Waals surface area contributed by atoms with Gasteiger partial charge in [0.1, 0.15) is 17.2 Å². The standard InChI is InChI=1S/C24H26ClN3O5/c1-31-23(24(29)30)17-8-11-20(12-9-17)32-14-5-15-33-22-13-10-18(25)16-21(22)28(26)27-19-6-3-2-4-7-19/h2-4,6,8-13,16,23H,5,7,14-15,26H2,1H3,(H,29,30)/b27-19-. The van der Waals surface area contributed by atoms with Gasteiger partial charge in [-0.2, -0.15) is 10.2 Å². The second kappa shape index (κ2) is 12.1. The molecule has 0 aromatic heterocycles. The van der Waals surface area contributed by atoms with Crippen molar-refractivity contribution >= 4 is 29.0 Å². The highest BCUT2D eigenvalue weighted by molar-refractivity contribution is 6.30. The Morgan fingerprint density at radius 1 is 1.18 bits per heavy atom. The Morgan fingerprint density at radius 3 is 2.61 bits per heavy atom. The fraction of sp³-hybridized carbons (Fsp3) is 0.250. The van der Waals surface area contributed by atoms with E-state index in [0.717, 1.165) is 5.71 Å². The second-order valence-electron chi connectivity index (χ2n) is 7.11. The number of hydrogen-bond acceptors (Lipinski definition) is 7. The van der Waals surface area contributed by atoms with Gasteiger partial charge in [-0.1, -0.05) is 42.0 Å². The van der Waals surface area contributed by atoms with Crippen LogP contribution in [0.25, 0.3) is 0 Å². The molecule has 8 nitrogen and oxygen atoms in total. The molecule has 0 spiro atoms. The molecule has 0 amide bonds. The molecular formula is C24H26ClN3O5. The van der Waals surface area contributed by atoms with E-state index in [2.05, 4.69) is 5.10 Å². The van der Waals surface area contributed by atoms with Gasteiger partial charge in [-0.15, -0.1) is 0 Å². The van der Waals surface area contributed by atoms with Crippen LogP contribution in [0.1, 0.15) is 24.5 Å². The summed E-state index contributed by atoms with van der Waals surface area (Å²) >= 11 is 6.14. The Bertz CT molecular complexity index is 1040. The van der Waals surface area contributed by atoms with Crippen molar-refractivity contribution in [2.45, 2.75) is 18.9 Å². The van der Waals surface area contributed by atoms with Crippen LogP contribution in [0.15, 0.2) is 71.9 Å². The topological polar surface area (TPSA) is 107 Å². The molecule has 1 atom stereocenters. The van der Waals surface area contributed by atoms with Crippen LogP contribution in [0.5, 0.6) is 11.5 Å². The van der Waals surface area contributed by atoms with E-state index < -0.39 is 12.1 Å². The van der Waals surface area contributed by atoms with E-state index in [1.54, 1.807) is 42.5 Å². The summed E-state index contributed by atoms with van der Waals surface area (Å²) in [4.78, 5) is 11.2. The van der Waals surface area contributed by atoms with Gasteiger partial charge in [0.05, 0.1) is 18.9 Å². The molecule has 0 aliphatic heterocycles. The van der Waals surface area contributed by atoms with Gasteiger partial charge >= 0.3 is 5.97 Å². The Labute approximate surface area is 197 Å². The molecule has 1 unspecified atom stereocenters. The maximum Gasteiger partial charge on any atom is 0.337 e. The third-order valence-corrected chi connectivity index (χ3v) is 4.96. The minimum atomic E-state index is -1.04. The van der Waals surface area contributed by atoms with Crippen molar-refractivity contribution in [1.82, 2.24) is 0 Å². The number of halogens is 1. The molecule has 0 saturated heterocycles. The zero-order chi connectivity index (χ0) is 23.6. The molecule has 0 heterocycles. The Balaban J connectivity index is 1.51. The number of hydrazone groups is 1. The van der Waals surface area contributed by atoms with Crippen molar-refractivity contribution in [3.63, 3.8) is 0 Å². The predicted molar refractivity (Wildman–Crippen MR) is 128 cm³/mol. The molecule has 0 bridgehead atoms. The largest absolute Gasteiger partial charge is 0.493 e. The fourth-order valence-corrected chi connectivity index (χ4v) is 3.28. The van der Waals surface area contributed by atoms with Gasteiger partial charge in [-0.25, -0.2) is 10.6 Å². The lowest BCUT2D eigenvalue weighted by Gasteiger charge is -2.19. The van der Waals surface area contributed by atoms with Gasteiger partial charge in [-0.05, 0) is 42.0 Å². The minimum Gasteiger partial charge on any atom is -0.493 e. The Kier molecular flexibility index (Phi) is 8.88. The first kappa shape index (κ1) is 24.3. The van der Waals surface area contributed by atoms with E-state index >= 15 is 0 Å². The van der Waals surface area contributed by atoms with Gasteiger partial charge in [0.25, 0.3) is 0 Å². The van der Waals surface area contributed by atoms with Crippen LogP contribution in [0.4, 0.5) is 5.69 Å². The molecule has 9 heteroatoms. The zero-order valence-electron chi connectivity index (χ0n) is 18.2. The number of ether oxygens (including phenoxy) is 3. The summed E-state index contributed by atoms with van der Waals surface area (Å²) in [5.41, 5.74) is 1.93. The number of hydrogen-bond donors (Lipinski definition) is 2. The molecule has 3 N–H and O–H groups in total. The molecule has 0 radical (unpaired) electrons. The number of nitrogens with zero attached hydrogens (tertiary/aromatic N) is 2. The molecule has 0 fully saturated rings. The number of aliphatic carboxylic acids is 1. The predicted octanol–water partition coefficient (Wildman–Crippen LogP) is 4.51. The number of carboxylic acid groups (broad SMARTS) is 1. The lowest BCUT2D eigenvalue weighted by Crippen LogP contribution is -2.27. The van der Waals surface area contributed by atoms with Crippen molar-refractivity contribution in [2.24, 2.45) is 10.9 Å². The number of hydrazine groups is 1. The molecule has 2 aromatic rings. The summed E-state index contributed by atoms with van der Waals surface area (Å²) in [6.45, 7) is 0.811. The van der Waals surface area contributed by atoms with E-state index in [0.29, 0.717) is 53.8 Å². The highest BCUT2D eigenvalue weighted by Gasteiger charge is 2.18. The van der Waals surface area contributed by atoms with Gasteiger partial charge in [0.2, 0.25) is 0 Å². The number of rotatable bonds is 11. The van der Waals surface area contributed by atoms with Crippen LogP contribution >= 0.6 is 11.6 Å². The van der Waals surface area contributed by atoms with Crippen molar-refractivity contribution in [3.05, 3.63) is 77.4 Å². The molecule has 33 heavy (non-hydrogen) atoms. The first-order valence-electron chi connectivity index (χ1n) is 10.3. The number of allylic oxidation sites excluding steroid dienone is 4. The van der Waals surface area contributed by atoms with E-state index in [1.165, 1.54) is 12.2 Å². The molecule has 3 rings (SSSR count). The normalized spacial score (nSPS) is 14.8. The average Bonchev–Trinajstić information content (AvgIpc) is 2.81. The number of carbonyl (C=O) groups is 1. The molecular weight excluding hydrogens is 446 g/mol. The van der Waals surface area contributed by atoms with Gasteiger partial charge in [0.15, 0.2) is 6.10 Å². The van der Waals surface area contributed by atoms with Crippen LogP contribution in [0.2, 0.25) is 5.02 Å². The summed E-state index contributed by atoms with van der Waals surface area (Å²) in [5.74, 6) is 6.29. The van der Waals surface area contributed by atoms with Crippen LogP contribution in [0, 0.1) is 0 Å². The number of benzene rings is 2. The monoisotopic (exact) mass is 471 g/mol. The number of nitrogens with two attached hydrogens (primary N) is 1. The lowest BCUT2D eigenvalue weighted by molar-refractivity contribution is -0.148. The number of methoxy groups -OCH3 is 1. The quantitative estimate of drug-likeness (QED) is 0.282. The summed E-state index contributed by atoms with van der Waals surface area (Å²) in [6, 6.07) is 11.9. The first-order valence-corrected chi connectivity index (χ1v) is 10.7. The molecule has 0 saturated carbocycles. The van der Waals surface area contributed by atoms with Crippen molar-refractivity contribution < 1.29 is 24.1 Å². The SMILES string of the molecule is COC(C(=O)O)c1ccc(OCCCOc2ccc(Cl)cc2N(N)/N=C2/C=CC=CC2)cc1. The van der Waals surface area contributed by atoms with Gasteiger partial charge < -0.3 is 19.3 Å². The smallest absolute Gasteiger partial charge is 0.337 e. The van der Waals surface area contributed by atoms with Gasteiger partial charge in [0, 0.05) is 25.0 Å². The summed E-state index contributed by atoms with van der Waals surface area (Å²) in [6.07, 6.45) is 8.06. The second-order valence-corrected chi connectivity index (χ2v) is 7.55. The Morgan fingerprint density at radius 2 is 1.94 bits per heavy atom. The highest BCUT2D eigenvalue weighted by Crippen LogP contribution is 2.30.